The molecule has 0 radical (unpaired) electrons. The Morgan fingerprint density at radius 1 is 1.06 bits per heavy atom. The summed E-state index contributed by atoms with van der Waals surface area (Å²) in [5.41, 5.74) is 2.40. The number of halogens is 1. The van der Waals surface area contributed by atoms with Crippen molar-refractivity contribution in [1.29, 1.82) is 0 Å². The Morgan fingerprint density at radius 2 is 1.78 bits per heavy atom. The quantitative estimate of drug-likeness (QED) is 0.821. The first-order chi connectivity index (χ1) is 8.77. The van der Waals surface area contributed by atoms with E-state index in [1.54, 1.807) is 0 Å². The maximum atomic E-state index is 6.18. The molecule has 0 unspecified atom stereocenters. The minimum Gasteiger partial charge on any atom is -0.269 e. The Labute approximate surface area is 113 Å². The highest BCUT2D eigenvalue weighted by Crippen LogP contribution is 2.22. The van der Waals surface area contributed by atoms with E-state index >= 15 is 0 Å². The van der Waals surface area contributed by atoms with Crippen molar-refractivity contribution in [1.82, 2.24) is 14.8 Å². The molecule has 1 aromatic carbocycles. The summed E-state index contributed by atoms with van der Waals surface area (Å²) in [6.45, 7) is 4.31. The van der Waals surface area contributed by atoms with Crippen LogP contribution in [0.1, 0.15) is 38.1 Å². The van der Waals surface area contributed by atoms with Crippen LogP contribution in [0.4, 0.5) is 0 Å². The van der Waals surface area contributed by atoms with Crippen molar-refractivity contribution in [2.45, 2.75) is 39.5 Å². The monoisotopic (exact) mass is 263 g/mol. The molecule has 0 amide bonds. The Balaban J connectivity index is 2.50. The Kier molecular flexibility index (Phi) is 4.37. The zero-order valence-corrected chi connectivity index (χ0v) is 11.6. The van der Waals surface area contributed by atoms with Crippen molar-refractivity contribution in [3.05, 3.63) is 40.9 Å². The fourth-order valence-electron chi connectivity index (χ4n) is 2.13. The van der Waals surface area contributed by atoms with Gasteiger partial charge in [-0.2, -0.15) is 0 Å². The van der Waals surface area contributed by atoms with E-state index in [4.69, 9.17) is 11.6 Å². The number of hydrogen-bond acceptors (Lipinski definition) is 2. The number of para-hydroxylation sites is 1. The van der Waals surface area contributed by atoms with Gasteiger partial charge in [0.25, 0.3) is 0 Å². The summed E-state index contributed by atoms with van der Waals surface area (Å²) in [6.07, 6.45) is 4.07. The summed E-state index contributed by atoms with van der Waals surface area (Å²) in [4.78, 5) is 0. The van der Waals surface area contributed by atoms with Crippen LogP contribution in [0.2, 0.25) is 5.28 Å². The molecule has 0 saturated carbocycles. The summed E-state index contributed by atoms with van der Waals surface area (Å²) in [6, 6.07) is 8.32. The molecule has 2 aromatic rings. The molecular weight excluding hydrogens is 246 g/mol. The lowest BCUT2D eigenvalue weighted by atomic mass is 10.1. The molecule has 0 fully saturated rings. The first kappa shape index (κ1) is 13.1. The second-order valence-electron chi connectivity index (χ2n) is 4.35. The lowest BCUT2D eigenvalue weighted by Gasteiger charge is -2.12. The van der Waals surface area contributed by atoms with Gasteiger partial charge in [-0.15, -0.1) is 10.2 Å². The maximum absolute atomic E-state index is 6.18. The summed E-state index contributed by atoms with van der Waals surface area (Å²) in [5, 5.41) is 8.60. The number of benzene rings is 1. The smallest absolute Gasteiger partial charge is 0.229 e. The zero-order valence-electron chi connectivity index (χ0n) is 10.9. The molecule has 0 aliphatic rings. The van der Waals surface area contributed by atoms with Crippen molar-refractivity contribution in [2.75, 3.05) is 0 Å². The van der Waals surface area contributed by atoms with Gasteiger partial charge < -0.3 is 0 Å². The number of nitrogens with zero attached hydrogens (tertiary/aromatic N) is 3. The highest BCUT2D eigenvalue weighted by Gasteiger charge is 2.13. The minimum absolute atomic E-state index is 0.446. The van der Waals surface area contributed by atoms with Crippen LogP contribution >= 0.6 is 11.6 Å². The molecule has 0 bridgehead atoms. The topological polar surface area (TPSA) is 30.7 Å². The summed E-state index contributed by atoms with van der Waals surface area (Å²) < 4.78 is 1.97. The third kappa shape index (κ3) is 2.56. The van der Waals surface area contributed by atoms with Gasteiger partial charge >= 0.3 is 0 Å². The highest BCUT2D eigenvalue weighted by atomic mass is 35.5. The minimum atomic E-state index is 0.446. The second kappa shape index (κ2) is 6.01. The van der Waals surface area contributed by atoms with E-state index in [0.717, 1.165) is 37.2 Å². The van der Waals surface area contributed by atoms with Crippen molar-refractivity contribution in [3.8, 4) is 5.69 Å². The summed E-state index contributed by atoms with van der Waals surface area (Å²) >= 11 is 6.18. The van der Waals surface area contributed by atoms with Crippen LogP contribution in [0, 0.1) is 0 Å². The molecule has 0 aliphatic carbocycles. The summed E-state index contributed by atoms with van der Waals surface area (Å²) in [7, 11) is 0. The lowest BCUT2D eigenvalue weighted by Crippen LogP contribution is -2.04. The third-order valence-corrected chi connectivity index (χ3v) is 3.16. The zero-order chi connectivity index (χ0) is 13.0. The molecule has 4 heteroatoms. The molecule has 0 atom stereocenters. The number of aryl methyl sites for hydroxylation is 2. The number of hydrogen-bond donors (Lipinski definition) is 0. The van der Waals surface area contributed by atoms with Gasteiger partial charge in [0.2, 0.25) is 5.28 Å². The van der Waals surface area contributed by atoms with Crippen molar-refractivity contribution >= 4 is 11.6 Å². The molecule has 0 N–H and O–H groups in total. The molecule has 0 aliphatic heterocycles. The van der Waals surface area contributed by atoms with E-state index in [1.165, 1.54) is 5.56 Å². The van der Waals surface area contributed by atoms with Crippen molar-refractivity contribution < 1.29 is 0 Å². The normalized spacial score (nSPS) is 10.8. The van der Waals surface area contributed by atoms with E-state index in [2.05, 4.69) is 42.2 Å². The number of aromatic nitrogens is 3. The van der Waals surface area contributed by atoms with Gasteiger partial charge in [-0.3, -0.25) is 4.57 Å². The fourth-order valence-corrected chi connectivity index (χ4v) is 2.35. The summed E-state index contributed by atoms with van der Waals surface area (Å²) in [5.74, 6) is 0.936. The molecule has 2 rings (SSSR count). The van der Waals surface area contributed by atoms with Gasteiger partial charge in [0.15, 0.2) is 0 Å². The van der Waals surface area contributed by atoms with Gasteiger partial charge in [-0.25, -0.2) is 0 Å². The maximum Gasteiger partial charge on any atom is 0.229 e. The van der Waals surface area contributed by atoms with Gasteiger partial charge in [0, 0.05) is 6.42 Å². The third-order valence-electron chi connectivity index (χ3n) is 2.92. The number of rotatable bonds is 5. The van der Waals surface area contributed by atoms with Crippen molar-refractivity contribution in [3.63, 3.8) is 0 Å². The van der Waals surface area contributed by atoms with Crippen LogP contribution < -0.4 is 0 Å². The van der Waals surface area contributed by atoms with Gasteiger partial charge in [0.1, 0.15) is 5.82 Å². The van der Waals surface area contributed by atoms with Crippen LogP contribution in [0.15, 0.2) is 24.3 Å². The molecule has 0 spiro atoms. The van der Waals surface area contributed by atoms with Gasteiger partial charge in [-0.05, 0) is 36.1 Å². The lowest BCUT2D eigenvalue weighted by molar-refractivity contribution is 0.794. The Morgan fingerprint density at radius 3 is 2.50 bits per heavy atom. The Hall–Kier alpha value is -1.35. The molecule has 3 nitrogen and oxygen atoms in total. The molecular formula is C14H18ClN3. The molecule has 96 valence electrons. The largest absolute Gasteiger partial charge is 0.269 e. The molecule has 1 aromatic heterocycles. The molecule has 0 saturated heterocycles. The van der Waals surface area contributed by atoms with Gasteiger partial charge in [-0.1, -0.05) is 38.5 Å². The highest BCUT2D eigenvalue weighted by molar-refractivity contribution is 6.28. The predicted octanol–water partition coefficient (Wildman–Crippen LogP) is 3.83. The molecule has 1 heterocycles. The average molecular weight is 264 g/mol. The van der Waals surface area contributed by atoms with E-state index < -0.39 is 0 Å². The standard InChI is InChI=1S/C14H18ClN3/c1-3-7-11-9-5-6-10-12(11)18-13(8-4-2)16-17-14(18)15/h5-6,9-10H,3-4,7-8H2,1-2H3. The predicted molar refractivity (Wildman–Crippen MR) is 74.4 cm³/mol. The van der Waals surface area contributed by atoms with E-state index in [0.29, 0.717) is 5.28 Å². The SMILES string of the molecule is CCCc1ccccc1-n1c(Cl)nnc1CCC. The van der Waals surface area contributed by atoms with E-state index in [1.807, 2.05) is 10.6 Å². The van der Waals surface area contributed by atoms with Crippen LogP contribution in [0.5, 0.6) is 0 Å². The van der Waals surface area contributed by atoms with Crippen molar-refractivity contribution in [2.24, 2.45) is 0 Å². The van der Waals surface area contributed by atoms with E-state index in [-0.39, 0.29) is 0 Å². The average Bonchev–Trinajstić information content (AvgIpc) is 2.73. The fraction of sp³-hybridized carbons (Fsp3) is 0.429. The second-order valence-corrected chi connectivity index (χ2v) is 4.69. The van der Waals surface area contributed by atoms with Gasteiger partial charge in [0.05, 0.1) is 5.69 Å². The van der Waals surface area contributed by atoms with Crippen LogP contribution in [0.25, 0.3) is 5.69 Å². The first-order valence-corrected chi connectivity index (χ1v) is 6.83. The van der Waals surface area contributed by atoms with Crippen LogP contribution in [-0.4, -0.2) is 14.8 Å². The van der Waals surface area contributed by atoms with E-state index in [9.17, 15) is 0 Å². The van der Waals surface area contributed by atoms with Crippen LogP contribution in [0.3, 0.4) is 0 Å². The first-order valence-electron chi connectivity index (χ1n) is 6.46. The van der Waals surface area contributed by atoms with Crippen LogP contribution in [-0.2, 0) is 12.8 Å². The molecule has 18 heavy (non-hydrogen) atoms. The Bertz CT molecular complexity index is 520.